The first-order valence-electron chi connectivity index (χ1n) is 9.62. The van der Waals surface area contributed by atoms with Crippen LogP contribution in [0.4, 0.5) is 5.82 Å². The SMILES string of the molecule is CC1(C)Cc2c(-c3cc(NC(=O)Cc4ccccc4C(N)=O)ncc3Cl)cnn2C1. The molecule has 30 heavy (non-hydrogen) atoms. The fourth-order valence-electron chi connectivity index (χ4n) is 3.86. The lowest BCUT2D eigenvalue weighted by Gasteiger charge is -2.14. The second kappa shape index (κ2) is 7.57. The van der Waals surface area contributed by atoms with Gasteiger partial charge in [0.05, 0.1) is 17.6 Å². The molecule has 3 aromatic rings. The van der Waals surface area contributed by atoms with Crippen molar-refractivity contribution in [2.24, 2.45) is 11.1 Å². The van der Waals surface area contributed by atoms with E-state index in [2.05, 4.69) is 29.2 Å². The minimum Gasteiger partial charge on any atom is -0.366 e. The zero-order valence-corrected chi connectivity index (χ0v) is 17.5. The zero-order chi connectivity index (χ0) is 21.5. The summed E-state index contributed by atoms with van der Waals surface area (Å²) in [6, 6.07) is 8.53. The topological polar surface area (TPSA) is 103 Å². The molecule has 2 amide bonds. The van der Waals surface area contributed by atoms with Gasteiger partial charge in [-0.25, -0.2) is 4.98 Å². The van der Waals surface area contributed by atoms with Gasteiger partial charge < -0.3 is 11.1 Å². The molecule has 1 aliphatic rings. The van der Waals surface area contributed by atoms with Crippen molar-refractivity contribution in [3.05, 3.63) is 64.6 Å². The van der Waals surface area contributed by atoms with Crippen LogP contribution in [0.1, 0.15) is 35.5 Å². The van der Waals surface area contributed by atoms with Crippen molar-refractivity contribution in [2.75, 3.05) is 5.32 Å². The number of hydrogen-bond acceptors (Lipinski definition) is 4. The van der Waals surface area contributed by atoms with Crippen LogP contribution in [-0.4, -0.2) is 26.6 Å². The van der Waals surface area contributed by atoms with Crippen molar-refractivity contribution < 1.29 is 9.59 Å². The number of benzene rings is 1. The number of amides is 2. The molecular formula is C22H22ClN5O2. The average molecular weight is 424 g/mol. The summed E-state index contributed by atoms with van der Waals surface area (Å²) in [4.78, 5) is 28.4. The number of halogens is 1. The van der Waals surface area contributed by atoms with Crippen LogP contribution >= 0.6 is 11.6 Å². The summed E-state index contributed by atoms with van der Waals surface area (Å²) in [5.74, 6) is -0.484. The number of fused-ring (bicyclic) bond motifs is 1. The second-order valence-electron chi connectivity index (χ2n) is 8.30. The van der Waals surface area contributed by atoms with E-state index in [1.54, 1.807) is 36.5 Å². The van der Waals surface area contributed by atoms with Crippen LogP contribution in [0.15, 0.2) is 42.7 Å². The van der Waals surface area contributed by atoms with Crippen molar-refractivity contribution in [1.29, 1.82) is 0 Å². The number of anilines is 1. The van der Waals surface area contributed by atoms with E-state index in [0.29, 0.717) is 22.0 Å². The molecule has 154 valence electrons. The van der Waals surface area contributed by atoms with Gasteiger partial charge in [0.1, 0.15) is 5.82 Å². The van der Waals surface area contributed by atoms with Crippen LogP contribution in [-0.2, 0) is 24.2 Å². The minimum atomic E-state index is -0.566. The average Bonchev–Trinajstić information content (AvgIpc) is 3.18. The van der Waals surface area contributed by atoms with Gasteiger partial charge in [0.25, 0.3) is 0 Å². The van der Waals surface area contributed by atoms with Gasteiger partial charge in [-0.2, -0.15) is 5.10 Å². The number of rotatable bonds is 5. The quantitative estimate of drug-likeness (QED) is 0.655. The number of nitrogens with two attached hydrogens (primary N) is 1. The molecule has 0 bridgehead atoms. The van der Waals surface area contributed by atoms with E-state index < -0.39 is 5.91 Å². The highest BCUT2D eigenvalue weighted by molar-refractivity contribution is 6.33. The van der Waals surface area contributed by atoms with E-state index >= 15 is 0 Å². The molecule has 0 aliphatic carbocycles. The largest absolute Gasteiger partial charge is 0.366 e. The van der Waals surface area contributed by atoms with E-state index in [-0.39, 0.29) is 17.7 Å². The molecule has 8 heteroatoms. The normalized spacial score (nSPS) is 14.4. The smallest absolute Gasteiger partial charge is 0.248 e. The number of carbonyl (C=O) groups excluding carboxylic acids is 2. The number of hydrogen-bond donors (Lipinski definition) is 2. The van der Waals surface area contributed by atoms with Crippen LogP contribution in [0.25, 0.3) is 11.1 Å². The number of pyridine rings is 1. The predicted octanol–water partition coefficient (Wildman–Crippen LogP) is 3.46. The van der Waals surface area contributed by atoms with Gasteiger partial charge in [-0.1, -0.05) is 43.6 Å². The lowest BCUT2D eigenvalue weighted by atomic mass is 9.89. The molecule has 2 aromatic heterocycles. The Morgan fingerprint density at radius 1 is 1.23 bits per heavy atom. The molecule has 0 fully saturated rings. The Morgan fingerprint density at radius 2 is 2.00 bits per heavy atom. The van der Waals surface area contributed by atoms with E-state index in [1.807, 2.05) is 4.68 Å². The molecule has 0 unspecified atom stereocenters. The van der Waals surface area contributed by atoms with Crippen molar-refractivity contribution >= 4 is 29.2 Å². The highest BCUT2D eigenvalue weighted by atomic mass is 35.5. The molecule has 1 aromatic carbocycles. The number of carbonyl (C=O) groups is 2. The van der Waals surface area contributed by atoms with Crippen LogP contribution in [0.5, 0.6) is 0 Å². The Kier molecular flexibility index (Phi) is 5.07. The predicted molar refractivity (Wildman–Crippen MR) is 115 cm³/mol. The second-order valence-corrected chi connectivity index (χ2v) is 8.71. The van der Waals surface area contributed by atoms with Crippen LogP contribution in [0.2, 0.25) is 5.02 Å². The van der Waals surface area contributed by atoms with Crippen molar-refractivity contribution in [3.8, 4) is 11.1 Å². The van der Waals surface area contributed by atoms with Gasteiger partial charge in [0.15, 0.2) is 0 Å². The molecule has 4 rings (SSSR count). The standard InChI is InChI=1S/C22H22ClN5O2/c1-22(2)9-18-16(10-26-28(18)12-22)15-8-19(25-11-17(15)23)27-20(29)7-13-5-3-4-6-14(13)21(24)30/h3-6,8,10-11H,7,9,12H2,1-2H3,(H2,24,30)(H,25,27,29). The van der Waals surface area contributed by atoms with E-state index in [9.17, 15) is 9.59 Å². The minimum absolute atomic E-state index is 0.0100. The van der Waals surface area contributed by atoms with Gasteiger partial charge in [0.2, 0.25) is 11.8 Å². The fourth-order valence-corrected chi connectivity index (χ4v) is 4.07. The Morgan fingerprint density at radius 3 is 2.77 bits per heavy atom. The molecule has 0 spiro atoms. The Labute approximate surface area is 179 Å². The molecular weight excluding hydrogens is 402 g/mol. The summed E-state index contributed by atoms with van der Waals surface area (Å²) in [7, 11) is 0. The van der Waals surface area contributed by atoms with E-state index in [0.717, 1.165) is 29.8 Å². The summed E-state index contributed by atoms with van der Waals surface area (Å²) in [5.41, 5.74) is 9.27. The highest BCUT2D eigenvalue weighted by Crippen LogP contribution is 2.39. The molecule has 3 heterocycles. The summed E-state index contributed by atoms with van der Waals surface area (Å²) in [5, 5.41) is 7.76. The maximum atomic E-state index is 12.6. The number of nitrogens with zero attached hydrogens (tertiary/aromatic N) is 3. The molecule has 0 atom stereocenters. The summed E-state index contributed by atoms with van der Waals surface area (Å²) < 4.78 is 2.01. The number of nitrogens with one attached hydrogen (secondary N) is 1. The molecule has 0 saturated carbocycles. The maximum Gasteiger partial charge on any atom is 0.248 e. The zero-order valence-electron chi connectivity index (χ0n) is 16.8. The monoisotopic (exact) mass is 423 g/mol. The van der Waals surface area contributed by atoms with Crippen molar-refractivity contribution in [1.82, 2.24) is 14.8 Å². The lowest BCUT2D eigenvalue weighted by molar-refractivity contribution is -0.115. The van der Waals surface area contributed by atoms with Crippen molar-refractivity contribution in [2.45, 2.75) is 33.2 Å². The van der Waals surface area contributed by atoms with Gasteiger partial charge in [0, 0.05) is 35.1 Å². The number of aromatic nitrogens is 3. The number of primary amides is 1. The molecule has 0 radical (unpaired) electrons. The van der Waals surface area contributed by atoms with Gasteiger partial charge in [-0.15, -0.1) is 0 Å². The van der Waals surface area contributed by atoms with Gasteiger partial charge >= 0.3 is 0 Å². The molecule has 1 aliphatic heterocycles. The summed E-state index contributed by atoms with van der Waals surface area (Å²) in [6.45, 7) is 5.26. The Bertz CT molecular complexity index is 1150. The molecule has 3 N–H and O–H groups in total. The van der Waals surface area contributed by atoms with Crippen LogP contribution in [0, 0.1) is 5.41 Å². The Hall–Kier alpha value is -3.19. The van der Waals surface area contributed by atoms with Crippen molar-refractivity contribution in [3.63, 3.8) is 0 Å². The first kappa shape index (κ1) is 20.1. The fraction of sp³-hybridized carbons (Fsp3) is 0.273. The Balaban J connectivity index is 1.57. The molecule has 7 nitrogen and oxygen atoms in total. The van der Waals surface area contributed by atoms with Crippen LogP contribution < -0.4 is 11.1 Å². The van der Waals surface area contributed by atoms with Gasteiger partial charge in [-0.3, -0.25) is 14.3 Å². The summed E-state index contributed by atoms with van der Waals surface area (Å²) in [6.07, 6.45) is 4.23. The van der Waals surface area contributed by atoms with Crippen LogP contribution in [0.3, 0.4) is 0 Å². The highest BCUT2D eigenvalue weighted by Gasteiger charge is 2.32. The first-order chi connectivity index (χ1) is 14.2. The van der Waals surface area contributed by atoms with E-state index in [1.165, 1.54) is 6.20 Å². The third-order valence-corrected chi connectivity index (χ3v) is 5.52. The lowest BCUT2D eigenvalue weighted by Crippen LogP contribution is -2.19. The third kappa shape index (κ3) is 3.93. The van der Waals surface area contributed by atoms with Gasteiger partial charge in [-0.05, 0) is 29.5 Å². The first-order valence-corrected chi connectivity index (χ1v) is 9.99. The molecule has 0 saturated heterocycles. The maximum absolute atomic E-state index is 12.6. The third-order valence-electron chi connectivity index (χ3n) is 5.22. The van der Waals surface area contributed by atoms with E-state index in [4.69, 9.17) is 17.3 Å². The summed E-state index contributed by atoms with van der Waals surface area (Å²) >= 11 is 6.42.